The van der Waals surface area contributed by atoms with Crippen LogP contribution in [0.15, 0.2) is 42.5 Å². The van der Waals surface area contributed by atoms with Crippen LogP contribution >= 0.6 is 0 Å². The summed E-state index contributed by atoms with van der Waals surface area (Å²) in [7, 11) is 1.98. The number of nitrogens with zero attached hydrogens (tertiary/aromatic N) is 1. The Kier molecular flexibility index (Phi) is 4.11. The maximum absolute atomic E-state index is 5.84. The zero-order valence-corrected chi connectivity index (χ0v) is 12.7. The van der Waals surface area contributed by atoms with E-state index in [4.69, 9.17) is 4.74 Å². The number of rotatable bonds is 3. The summed E-state index contributed by atoms with van der Waals surface area (Å²) in [5.41, 5.74) is 5.08. The third-order valence-electron chi connectivity index (χ3n) is 3.94. The average Bonchev–Trinajstić information content (AvgIpc) is 2.72. The number of hydrogen-bond acceptors (Lipinski definition) is 3. The highest BCUT2D eigenvalue weighted by atomic mass is 16.5. The van der Waals surface area contributed by atoms with Crippen LogP contribution in [0.25, 0.3) is 0 Å². The van der Waals surface area contributed by atoms with Gasteiger partial charge in [0, 0.05) is 18.8 Å². The molecule has 0 saturated carbocycles. The van der Waals surface area contributed by atoms with Crippen molar-refractivity contribution >= 4 is 11.4 Å². The van der Waals surface area contributed by atoms with Crippen LogP contribution in [-0.4, -0.2) is 20.2 Å². The normalized spacial score (nSPS) is 14.3. The van der Waals surface area contributed by atoms with E-state index in [1.165, 1.54) is 16.8 Å². The number of anilines is 2. The van der Waals surface area contributed by atoms with Crippen molar-refractivity contribution in [2.24, 2.45) is 0 Å². The van der Waals surface area contributed by atoms with Gasteiger partial charge in [0.1, 0.15) is 5.75 Å². The molecule has 1 heterocycles. The molecule has 0 amide bonds. The molecule has 110 valence electrons. The second kappa shape index (κ2) is 6.19. The standard InChI is InChI=1S/C18H22N2O/c1-14-12-16(9-8-15(14)13-19-2)20-10-5-11-21-18-7-4-3-6-17(18)20/h3-4,6-9,12,19H,5,10-11,13H2,1-2H3. The summed E-state index contributed by atoms with van der Waals surface area (Å²) in [5, 5.41) is 3.22. The smallest absolute Gasteiger partial charge is 0.142 e. The number of nitrogens with one attached hydrogen (secondary N) is 1. The van der Waals surface area contributed by atoms with E-state index in [0.29, 0.717) is 0 Å². The molecule has 0 bridgehead atoms. The van der Waals surface area contributed by atoms with Crippen molar-refractivity contribution in [2.45, 2.75) is 19.9 Å². The van der Waals surface area contributed by atoms with Crippen molar-refractivity contribution in [3.63, 3.8) is 0 Å². The molecule has 0 spiro atoms. The van der Waals surface area contributed by atoms with E-state index in [9.17, 15) is 0 Å². The van der Waals surface area contributed by atoms with Crippen LogP contribution in [0.3, 0.4) is 0 Å². The van der Waals surface area contributed by atoms with E-state index < -0.39 is 0 Å². The molecule has 3 rings (SSSR count). The molecule has 2 aromatic carbocycles. The summed E-state index contributed by atoms with van der Waals surface area (Å²) in [6.45, 7) is 4.86. The maximum Gasteiger partial charge on any atom is 0.142 e. The summed E-state index contributed by atoms with van der Waals surface area (Å²) < 4.78 is 5.84. The Morgan fingerprint density at radius 1 is 1.19 bits per heavy atom. The zero-order valence-electron chi connectivity index (χ0n) is 12.7. The van der Waals surface area contributed by atoms with Gasteiger partial charge >= 0.3 is 0 Å². The Hall–Kier alpha value is -2.00. The van der Waals surface area contributed by atoms with Gasteiger partial charge in [0.05, 0.1) is 12.3 Å². The first-order valence-corrected chi connectivity index (χ1v) is 7.53. The summed E-state index contributed by atoms with van der Waals surface area (Å²) >= 11 is 0. The van der Waals surface area contributed by atoms with E-state index in [1.54, 1.807) is 0 Å². The first-order chi connectivity index (χ1) is 10.3. The van der Waals surface area contributed by atoms with Gasteiger partial charge in [-0.3, -0.25) is 0 Å². The van der Waals surface area contributed by atoms with Gasteiger partial charge in [-0.2, -0.15) is 0 Å². The number of hydrogen-bond donors (Lipinski definition) is 1. The molecule has 1 aliphatic rings. The summed E-state index contributed by atoms with van der Waals surface area (Å²) in [4.78, 5) is 2.36. The molecule has 0 aromatic heterocycles. The lowest BCUT2D eigenvalue weighted by molar-refractivity contribution is 0.322. The average molecular weight is 282 g/mol. The molecule has 0 saturated heterocycles. The predicted octanol–water partition coefficient (Wildman–Crippen LogP) is 3.64. The molecule has 1 N–H and O–H groups in total. The Balaban J connectivity index is 1.98. The fourth-order valence-electron chi connectivity index (χ4n) is 2.83. The van der Waals surface area contributed by atoms with Crippen LogP contribution in [0.5, 0.6) is 5.75 Å². The number of aryl methyl sites for hydroxylation is 1. The van der Waals surface area contributed by atoms with Gasteiger partial charge in [-0.1, -0.05) is 18.2 Å². The lowest BCUT2D eigenvalue weighted by atomic mass is 10.1. The topological polar surface area (TPSA) is 24.5 Å². The van der Waals surface area contributed by atoms with E-state index in [2.05, 4.69) is 53.5 Å². The van der Waals surface area contributed by atoms with Crippen molar-refractivity contribution < 1.29 is 4.74 Å². The minimum Gasteiger partial charge on any atom is -0.491 e. The van der Waals surface area contributed by atoms with Gasteiger partial charge in [-0.15, -0.1) is 0 Å². The monoisotopic (exact) mass is 282 g/mol. The van der Waals surface area contributed by atoms with Gasteiger partial charge in [0.15, 0.2) is 0 Å². The van der Waals surface area contributed by atoms with Crippen LogP contribution in [0.2, 0.25) is 0 Å². The molecule has 3 nitrogen and oxygen atoms in total. The molecule has 2 aromatic rings. The van der Waals surface area contributed by atoms with Crippen LogP contribution in [0, 0.1) is 6.92 Å². The highest BCUT2D eigenvalue weighted by molar-refractivity contribution is 5.70. The number of para-hydroxylation sites is 2. The van der Waals surface area contributed by atoms with Crippen molar-refractivity contribution in [2.75, 3.05) is 25.1 Å². The first-order valence-electron chi connectivity index (χ1n) is 7.53. The van der Waals surface area contributed by atoms with Crippen molar-refractivity contribution in [1.29, 1.82) is 0 Å². The van der Waals surface area contributed by atoms with Crippen LogP contribution < -0.4 is 15.0 Å². The van der Waals surface area contributed by atoms with Crippen molar-refractivity contribution in [3.8, 4) is 5.75 Å². The molecular weight excluding hydrogens is 260 g/mol. The molecule has 0 unspecified atom stereocenters. The molecule has 3 heteroatoms. The SMILES string of the molecule is CNCc1ccc(N2CCCOc3ccccc32)cc1C. The second-order valence-corrected chi connectivity index (χ2v) is 5.46. The maximum atomic E-state index is 5.84. The molecule has 0 atom stereocenters. The molecule has 1 aliphatic heterocycles. The largest absolute Gasteiger partial charge is 0.491 e. The fraction of sp³-hybridized carbons (Fsp3) is 0.333. The minimum atomic E-state index is 0.782. The minimum absolute atomic E-state index is 0.782. The van der Waals surface area contributed by atoms with Gasteiger partial charge < -0.3 is 15.0 Å². The Bertz CT molecular complexity index is 624. The van der Waals surface area contributed by atoms with Crippen LogP contribution in [-0.2, 0) is 6.54 Å². The van der Waals surface area contributed by atoms with Crippen LogP contribution in [0.4, 0.5) is 11.4 Å². The molecule has 0 fully saturated rings. The summed E-state index contributed by atoms with van der Waals surface area (Å²) in [5.74, 6) is 0.979. The molecule has 0 radical (unpaired) electrons. The third-order valence-corrected chi connectivity index (χ3v) is 3.94. The second-order valence-electron chi connectivity index (χ2n) is 5.46. The van der Waals surface area contributed by atoms with Gasteiger partial charge in [0.2, 0.25) is 0 Å². The highest BCUT2D eigenvalue weighted by Crippen LogP contribution is 2.36. The Morgan fingerprint density at radius 3 is 2.86 bits per heavy atom. The Morgan fingerprint density at radius 2 is 2.05 bits per heavy atom. The molecular formula is C18H22N2O. The zero-order chi connectivity index (χ0) is 14.7. The number of benzene rings is 2. The quantitative estimate of drug-likeness (QED) is 0.930. The number of ether oxygens (including phenoxy) is 1. The first kappa shape index (κ1) is 14.0. The van der Waals surface area contributed by atoms with Gasteiger partial charge in [-0.25, -0.2) is 0 Å². The predicted molar refractivity (Wildman–Crippen MR) is 87.5 cm³/mol. The molecule has 21 heavy (non-hydrogen) atoms. The summed E-state index contributed by atoms with van der Waals surface area (Å²) in [6, 6.07) is 15.0. The van der Waals surface area contributed by atoms with Crippen LogP contribution in [0.1, 0.15) is 17.5 Å². The van der Waals surface area contributed by atoms with E-state index >= 15 is 0 Å². The van der Waals surface area contributed by atoms with Crippen molar-refractivity contribution in [3.05, 3.63) is 53.6 Å². The van der Waals surface area contributed by atoms with E-state index in [-0.39, 0.29) is 0 Å². The highest BCUT2D eigenvalue weighted by Gasteiger charge is 2.17. The molecule has 0 aliphatic carbocycles. The summed E-state index contributed by atoms with van der Waals surface area (Å²) in [6.07, 6.45) is 1.03. The van der Waals surface area contributed by atoms with Crippen molar-refractivity contribution in [1.82, 2.24) is 5.32 Å². The number of fused-ring (bicyclic) bond motifs is 1. The van der Waals surface area contributed by atoms with E-state index in [1.807, 2.05) is 13.1 Å². The Labute approximate surface area is 126 Å². The van der Waals surface area contributed by atoms with Gasteiger partial charge in [0.25, 0.3) is 0 Å². The van der Waals surface area contributed by atoms with E-state index in [0.717, 1.165) is 37.6 Å². The lowest BCUT2D eigenvalue weighted by Gasteiger charge is -2.25. The third kappa shape index (κ3) is 2.88. The van der Waals surface area contributed by atoms with Gasteiger partial charge in [-0.05, 0) is 55.8 Å². The fourth-order valence-corrected chi connectivity index (χ4v) is 2.83. The lowest BCUT2D eigenvalue weighted by Crippen LogP contribution is -2.18.